The lowest BCUT2D eigenvalue weighted by molar-refractivity contribution is -0.120. The highest BCUT2D eigenvalue weighted by Crippen LogP contribution is 2.31. The zero-order valence-corrected chi connectivity index (χ0v) is 11.1. The number of hydrogen-bond acceptors (Lipinski definition) is 3. The van der Waals surface area contributed by atoms with Gasteiger partial charge in [0.05, 0.1) is 7.11 Å². The zero-order valence-electron chi connectivity index (χ0n) is 11.1. The van der Waals surface area contributed by atoms with Crippen LogP contribution in [0.1, 0.15) is 24.8 Å². The second-order valence-electron chi connectivity index (χ2n) is 4.97. The summed E-state index contributed by atoms with van der Waals surface area (Å²) in [4.78, 5) is 23.2. The molecule has 0 saturated heterocycles. The molecule has 0 spiro atoms. The van der Waals surface area contributed by atoms with Gasteiger partial charge in [0.1, 0.15) is 5.78 Å². The molecule has 2 rings (SSSR count). The van der Waals surface area contributed by atoms with Crippen LogP contribution in [0.5, 0.6) is 0 Å². The molecule has 1 aliphatic carbocycles. The summed E-state index contributed by atoms with van der Waals surface area (Å²) in [7, 11) is 1.33. The van der Waals surface area contributed by atoms with Crippen LogP contribution in [0.2, 0.25) is 0 Å². The van der Waals surface area contributed by atoms with E-state index in [1.807, 2.05) is 30.3 Å². The molecule has 0 radical (unpaired) electrons. The Hall–Kier alpha value is -1.84. The molecule has 0 aromatic heterocycles. The first-order chi connectivity index (χ1) is 9.19. The molecule has 1 aromatic carbocycles. The summed E-state index contributed by atoms with van der Waals surface area (Å²) in [6.07, 6.45) is 2.54. The molecule has 1 N–H and O–H groups in total. The number of methoxy groups -OCH3 is 1. The van der Waals surface area contributed by atoms with E-state index in [1.54, 1.807) is 0 Å². The molecule has 4 nitrogen and oxygen atoms in total. The number of carbonyl (C=O) groups excluding carboxylic acids is 2. The van der Waals surface area contributed by atoms with E-state index in [0.717, 1.165) is 18.4 Å². The fourth-order valence-corrected chi connectivity index (χ4v) is 2.11. The van der Waals surface area contributed by atoms with Crippen LogP contribution in [0.25, 0.3) is 0 Å². The average molecular weight is 261 g/mol. The van der Waals surface area contributed by atoms with Crippen molar-refractivity contribution in [1.29, 1.82) is 0 Å². The van der Waals surface area contributed by atoms with Crippen molar-refractivity contribution in [2.75, 3.05) is 7.11 Å². The van der Waals surface area contributed by atoms with Gasteiger partial charge in [-0.1, -0.05) is 30.3 Å². The third kappa shape index (κ3) is 4.39. The van der Waals surface area contributed by atoms with Crippen molar-refractivity contribution in [2.45, 2.75) is 31.7 Å². The lowest BCUT2D eigenvalue weighted by Crippen LogP contribution is -2.38. The Balaban J connectivity index is 1.96. The van der Waals surface area contributed by atoms with Gasteiger partial charge in [-0.05, 0) is 24.8 Å². The highest BCUT2D eigenvalue weighted by Gasteiger charge is 2.31. The van der Waals surface area contributed by atoms with E-state index in [-0.39, 0.29) is 17.7 Å². The Bertz CT molecular complexity index is 440. The van der Waals surface area contributed by atoms with Gasteiger partial charge in [-0.25, -0.2) is 4.79 Å². The van der Waals surface area contributed by atoms with Gasteiger partial charge >= 0.3 is 6.09 Å². The summed E-state index contributed by atoms with van der Waals surface area (Å²) in [6, 6.07) is 9.64. The maximum absolute atomic E-state index is 11.9. The first-order valence-electron chi connectivity index (χ1n) is 6.60. The molecule has 0 heterocycles. The largest absolute Gasteiger partial charge is 0.453 e. The molecule has 1 aliphatic rings. The van der Waals surface area contributed by atoms with Crippen LogP contribution in [-0.4, -0.2) is 25.0 Å². The molecule has 19 heavy (non-hydrogen) atoms. The van der Waals surface area contributed by atoms with Gasteiger partial charge < -0.3 is 10.1 Å². The molecule has 1 aromatic rings. The first kappa shape index (κ1) is 13.6. The van der Waals surface area contributed by atoms with E-state index in [1.165, 1.54) is 7.11 Å². The van der Waals surface area contributed by atoms with Crippen molar-refractivity contribution < 1.29 is 14.3 Å². The molecule has 1 saturated carbocycles. The number of amides is 1. The molecule has 4 heteroatoms. The number of hydrogen-bond donors (Lipinski definition) is 1. The van der Waals surface area contributed by atoms with E-state index in [9.17, 15) is 9.59 Å². The summed E-state index contributed by atoms with van der Waals surface area (Å²) in [5.74, 6) is 0.468. The normalized spacial score (nSPS) is 15.6. The number of alkyl carbamates (subject to hydrolysis) is 1. The molecular weight excluding hydrogens is 242 g/mol. The van der Waals surface area contributed by atoms with Crippen molar-refractivity contribution in [2.24, 2.45) is 5.92 Å². The summed E-state index contributed by atoms with van der Waals surface area (Å²) >= 11 is 0. The quantitative estimate of drug-likeness (QED) is 0.855. The minimum absolute atomic E-state index is 0.192. The number of ketones is 1. The summed E-state index contributed by atoms with van der Waals surface area (Å²) in [5.41, 5.74) is 1.10. The van der Waals surface area contributed by atoms with Crippen LogP contribution in [0, 0.1) is 5.92 Å². The molecule has 1 amide bonds. The van der Waals surface area contributed by atoms with Gasteiger partial charge in [-0.15, -0.1) is 0 Å². The number of carbonyl (C=O) groups is 2. The minimum Gasteiger partial charge on any atom is -0.453 e. The number of Topliss-reactive ketones (excluding diaryl/α,β-unsaturated/α-hetero) is 1. The van der Waals surface area contributed by atoms with Crippen LogP contribution in [0.15, 0.2) is 30.3 Å². The average Bonchev–Trinajstić information content (AvgIpc) is 3.24. The highest BCUT2D eigenvalue weighted by atomic mass is 16.5. The second-order valence-corrected chi connectivity index (χ2v) is 4.97. The lowest BCUT2D eigenvalue weighted by atomic mass is 10.00. The number of rotatable bonds is 6. The minimum atomic E-state index is -0.482. The first-order valence-corrected chi connectivity index (χ1v) is 6.60. The van der Waals surface area contributed by atoms with Crippen molar-refractivity contribution in [3.05, 3.63) is 35.9 Å². The van der Waals surface area contributed by atoms with Crippen molar-refractivity contribution in [1.82, 2.24) is 5.32 Å². The van der Waals surface area contributed by atoms with Crippen LogP contribution in [0.3, 0.4) is 0 Å². The Labute approximate surface area is 113 Å². The Morgan fingerprint density at radius 2 is 2.00 bits per heavy atom. The lowest BCUT2D eigenvalue weighted by Gasteiger charge is -2.17. The van der Waals surface area contributed by atoms with Crippen LogP contribution < -0.4 is 5.32 Å². The predicted molar refractivity (Wildman–Crippen MR) is 71.8 cm³/mol. The Kier molecular flexibility index (Phi) is 4.55. The standard InChI is InChI=1S/C15H19NO3/c1-19-15(18)16-13(10-14(17)12-7-8-12)9-11-5-3-2-4-6-11/h2-6,12-13H,7-10H2,1H3,(H,16,18)/t13-/m1/s1. The SMILES string of the molecule is COC(=O)N[C@@H](CC(=O)C1CC1)Cc1ccccc1. The monoisotopic (exact) mass is 261 g/mol. The zero-order chi connectivity index (χ0) is 13.7. The topological polar surface area (TPSA) is 55.4 Å². The number of nitrogens with one attached hydrogen (secondary N) is 1. The maximum atomic E-state index is 11.9. The van der Waals surface area contributed by atoms with Gasteiger partial charge in [-0.2, -0.15) is 0 Å². The summed E-state index contributed by atoms with van der Waals surface area (Å²) in [6.45, 7) is 0. The fourth-order valence-electron chi connectivity index (χ4n) is 2.11. The van der Waals surface area contributed by atoms with Crippen LogP contribution in [-0.2, 0) is 16.0 Å². The van der Waals surface area contributed by atoms with Gasteiger partial charge in [0.25, 0.3) is 0 Å². The van der Waals surface area contributed by atoms with Crippen LogP contribution in [0.4, 0.5) is 4.79 Å². The second kappa shape index (κ2) is 6.36. The van der Waals surface area contributed by atoms with Crippen molar-refractivity contribution in [3.8, 4) is 0 Å². The molecule has 1 fully saturated rings. The number of ether oxygens (including phenoxy) is 1. The van der Waals surface area contributed by atoms with E-state index < -0.39 is 6.09 Å². The van der Waals surface area contributed by atoms with E-state index in [0.29, 0.717) is 12.8 Å². The van der Waals surface area contributed by atoms with Crippen molar-refractivity contribution >= 4 is 11.9 Å². The third-order valence-corrected chi connectivity index (χ3v) is 3.31. The van der Waals surface area contributed by atoms with Crippen molar-refractivity contribution in [3.63, 3.8) is 0 Å². The predicted octanol–water partition coefficient (Wildman–Crippen LogP) is 2.32. The Morgan fingerprint density at radius 3 is 2.58 bits per heavy atom. The molecule has 0 bridgehead atoms. The smallest absolute Gasteiger partial charge is 0.407 e. The molecule has 0 aliphatic heterocycles. The van der Waals surface area contributed by atoms with E-state index in [2.05, 4.69) is 10.1 Å². The summed E-state index contributed by atoms with van der Waals surface area (Å²) in [5, 5.41) is 2.75. The van der Waals surface area contributed by atoms with E-state index >= 15 is 0 Å². The Morgan fingerprint density at radius 1 is 1.32 bits per heavy atom. The van der Waals surface area contributed by atoms with Gasteiger partial charge in [-0.3, -0.25) is 4.79 Å². The third-order valence-electron chi connectivity index (χ3n) is 3.31. The van der Waals surface area contributed by atoms with Gasteiger partial charge in [0.15, 0.2) is 0 Å². The fraction of sp³-hybridized carbons (Fsp3) is 0.467. The summed E-state index contributed by atoms with van der Waals surface area (Å²) < 4.78 is 4.61. The van der Waals surface area contributed by atoms with Gasteiger partial charge in [0, 0.05) is 18.4 Å². The van der Waals surface area contributed by atoms with E-state index in [4.69, 9.17) is 0 Å². The molecule has 0 unspecified atom stereocenters. The highest BCUT2D eigenvalue weighted by molar-refractivity contribution is 5.84. The van der Waals surface area contributed by atoms with Gasteiger partial charge in [0.2, 0.25) is 0 Å². The maximum Gasteiger partial charge on any atom is 0.407 e. The molecule has 1 atom stereocenters. The van der Waals surface area contributed by atoms with Crippen LogP contribution >= 0.6 is 0 Å². The number of benzene rings is 1. The molecule has 102 valence electrons. The molecular formula is C15H19NO3.